The fraction of sp³-hybridized carbons (Fsp3) is 0.458. The number of hydrogen-bond donors (Lipinski definition) is 1. The van der Waals surface area contributed by atoms with Gasteiger partial charge in [0, 0.05) is 11.8 Å². The Morgan fingerprint density at radius 2 is 1.68 bits per heavy atom. The molecular weight excluding hydrogens is 478 g/mol. The van der Waals surface area contributed by atoms with Crippen LogP contribution in [-0.2, 0) is 14.8 Å². The number of hydrogen-bond acceptors (Lipinski definition) is 7. The Bertz CT molecular complexity index is 1090. The van der Waals surface area contributed by atoms with Crippen LogP contribution in [0.2, 0.25) is 0 Å². The van der Waals surface area contributed by atoms with Gasteiger partial charge in [-0.1, -0.05) is 24.6 Å². The van der Waals surface area contributed by atoms with E-state index in [-0.39, 0.29) is 16.7 Å². The van der Waals surface area contributed by atoms with Crippen molar-refractivity contribution in [1.29, 1.82) is 0 Å². The van der Waals surface area contributed by atoms with Gasteiger partial charge in [0.15, 0.2) is 11.5 Å². The summed E-state index contributed by atoms with van der Waals surface area (Å²) in [4.78, 5) is 12.3. The first-order valence-electron chi connectivity index (χ1n) is 10.9. The number of aliphatic carboxylic acids is 1. The minimum atomic E-state index is -3.99. The SMILES string of the molecule is CCS[C@@H]1C[C@@H](c2cc(OC)c(OC)c(OC)c2)N(S(=O)(=O)c2ccc(C)cc2)C[C@H]1C(=O)O. The highest BCUT2D eigenvalue weighted by Gasteiger charge is 2.45. The molecule has 0 unspecified atom stereocenters. The first-order valence-corrected chi connectivity index (χ1v) is 13.4. The third kappa shape index (κ3) is 5.13. The molecule has 3 rings (SSSR count). The lowest BCUT2D eigenvalue weighted by molar-refractivity contribution is -0.143. The molecule has 34 heavy (non-hydrogen) atoms. The number of piperidine rings is 1. The van der Waals surface area contributed by atoms with Crippen molar-refractivity contribution in [3.63, 3.8) is 0 Å². The summed E-state index contributed by atoms with van der Waals surface area (Å²) >= 11 is 1.54. The average molecular weight is 510 g/mol. The van der Waals surface area contributed by atoms with Crippen LogP contribution in [0.1, 0.15) is 30.5 Å². The standard InChI is InChI=1S/C24H31NO7S2/c1-6-33-22-13-19(16-11-20(30-3)23(32-5)21(12-16)31-4)25(14-18(22)24(26)27)34(28,29)17-9-7-15(2)8-10-17/h7-12,18-19,22H,6,13-14H2,1-5H3,(H,26,27)/t18-,19+,22-/m1/s1. The molecule has 2 aromatic rings. The van der Waals surface area contributed by atoms with Crippen LogP contribution in [0.15, 0.2) is 41.3 Å². The van der Waals surface area contributed by atoms with Crippen molar-refractivity contribution in [2.45, 2.75) is 36.5 Å². The minimum Gasteiger partial charge on any atom is -0.493 e. The van der Waals surface area contributed by atoms with Crippen LogP contribution in [0.3, 0.4) is 0 Å². The molecule has 0 radical (unpaired) electrons. The number of nitrogens with zero attached hydrogens (tertiary/aromatic N) is 1. The zero-order chi connectivity index (χ0) is 25.0. The number of thioether (sulfide) groups is 1. The van der Waals surface area contributed by atoms with Crippen molar-refractivity contribution >= 4 is 27.8 Å². The van der Waals surface area contributed by atoms with Crippen LogP contribution >= 0.6 is 11.8 Å². The van der Waals surface area contributed by atoms with Crippen molar-refractivity contribution in [3.05, 3.63) is 47.5 Å². The van der Waals surface area contributed by atoms with Gasteiger partial charge in [0.05, 0.1) is 38.2 Å². The first kappa shape index (κ1) is 26.2. The molecule has 1 aliphatic rings. The number of carboxylic acids is 1. The smallest absolute Gasteiger partial charge is 0.308 e. The molecule has 0 bridgehead atoms. The number of methoxy groups -OCH3 is 3. The Morgan fingerprint density at radius 1 is 1.09 bits per heavy atom. The average Bonchev–Trinajstić information content (AvgIpc) is 2.82. The summed E-state index contributed by atoms with van der Waals surface area (Å²) in [7, 11) is 0.510. The second-order valence-corrected chi connectivity index (χ2v) is 11.4. The highest BCUT2D eigenvalue weighted by Crippen LogP contribution is 2.46. The van der Waals surface area contributed by atoms with E-state index in [1.54, 1.807) is 36.4 Å². The molecule has 0 aliphatic carbocycles. The summed E-state index contributed by atoms with van der Waals surface area (Å²) in [5.74, 6) is 0.109. The van der Waals surface area contributed by atoms with E-state index in [2.05, 4.69) is 0 Å². The van der Waals surface area contributed by atoms with Crippen molar-refractivity contribution in [1.82, 2.24) is 4.31 Å². The molecular formula is C24H31NO7S2. The van der Waals surface area contributed by atoms with E-state index < -0.39 is 28.0 Å². The van der Waals surface area contributed by atoms with Gasteiger partial charge < -0.3 is 19.3 Å². The summed E-state index contributed by atoms with van der Waals surface area (Å²) in [5.41, 5.74) is 1.58. The van der Waals surface area contributed by atoms with Crippen molar-refractivity contribution < 1.29 is 32.5 Å². The highest BCUT2D eigenvalue weighted by atomic mass is 32.2. The molecule has 1 saturated heterocycles. The topological polar surface area (TPSA) is 102 Å². The molecule has 0 amide bonds. The highest BCUT2D eigenvalue weighted by molar-refractivity contribution is 7.99. The quantitative estimate of drug-likeness (QED) is 0.542. The Balaban J connectivity index is 2.18. The van der Waals surface area contributed by atoms with Gasteiger partial charge in [-0.25, -0.2) is 8.42 Å². The van der Waals surface area contributed by atoms with Gasteiger partial charge >= 0.3 is 5.97 Å². The van der Waals surface area contributed by atoms with Crippen LogP contribution in [0, 0.1) is 12.8 Å². The van der Waals surface area contributed by atoms with Gasteiger partial charge in [-0.05, 0) is 48.9 Å². The molecule has 1 aliphatic heterocycles. The number of aryl methyl sites for hydroxylation is 1. The zero-order valence-corrected chi connectivity index (χ0v) is 21.6. The second kappa shape index (κ2) is 10.9. The number of benzene rings is 2. The number of rotatable bonds is 9. The summed E-state index contributed by atoms with van der Waals surface area (Å²) in [5, 5.41) is 9.67. The number of ether oxygens (including phenoxy) is 3. The molecule has 186 valence electrons. The molecule has 1 N–H and O–H groups in total. The van der Waals surface area contributed by atoms with Crippen LogP contribution in [0.25, 0.3) is 0 Å². The Morgan fingerprint density at radius 3 is 2.15 bits per heavy atom. The maximum absolute atomic E-state index is 13.8. The van der Waals surface area contributed by atoms with Gasteiger partial charge in [0.1, 0.15) is 0 Å². The van der Waals surface area contributed by atoms with Crippen molar-refractivity contribution in [2.75, 3.05) is 33.6 Å². The molecule has 0 saturated carbocycles. The van der Waals surface area contributed by atoms with Gasteiger partial charge in [0.2, 0.25) is 15.8 Å². The maximum Gasteiger partial charge on any atom is 0.308 e. The summed E-state index contributed by atoms with van der Waals surface area (Å²) in [6.45, 7) is 3.71. The van der Waals surface area contributed by atoms with Gasteiger partial charge in [-0.2, -0.15) is 16.1 Å². The summed E-state index contributed by atoms with van der Waals surface area (Å²) in [6.07, 6.45) is 0.333. The van der Waals surface area contributed by atoms with Gasteiger partial charge in [-0.3, -0.25) is 4.79 Å². The van der Waals surface area contributed by atoms with E-state index >= 15 is 0 Å². The van der Waals surface area contributed by atoms with E-state index in [1.165, 1.54) is 37.4 Å². The summed E-state index contributed by atoms with van der Waals surface area (Å²) < 4.78 is 45.3. The number of carbonyl (C=O) groups is 1. The molecule has 1 heterocycles. The molecule has 0 spiro atoms. The fourth-order valence-corrected chi connectivity index (χ4v) is 7.12. The molecule has 8 nitrogen and oxygen atoms in total. The van der Waals surface area contributed by atoms with Crippen LogP contribution in [0.4, 0.5) is 0 Å². The van der Waals surface area contributed by atoms with Crippen LogP contribution in [-0.4, -0.2) is 62.7 Å². The number of carboxylic acid groups (broad SMARTS) is 1. The third-order valence-electron chi connectivity index (χ3n) is 6.03. The molecule has 1 fully saturated rings. The number of sulfonamides is 1. The lowest BCUT2D eigenvalue weighted by Crippen LogP contribution is -2.49. The monoisotopic (exact) mass is 509 g/mol. The molecule has 3 atom stereocenters. The lowest BCUT2D eigenvalue weighted by Gasteiger charge is -2.42. The van der Waals surface area contributed by atoms with E-state index in [4.69, 9.17) is 14.2 Å². The predicted octanol–water partition coefficient (Wildman–Crippen LogP) is 3.98. The van der Waals surface area contributed by atoms with Gasteiger partial charge in [0.25, 0.3) is 0 Å². The van der Waals surface area contributed by atoms with Crippen LogP contribution < -0.4 is 14.2 Å². The Labute approximate surface area is 205 Å². The maximum atomic E-state index is 13.8. The summed E-state index contributed by atoms with van der Waals surface area (Å²) in [6, 6.07) is 9.43. The Hall–Kier alpha value is -2.43. The lowest BCUT2D eigenvalue weighted by atomic mass is 9.90. The second-order valence-electron chi connectivity index (χ2n) is 8.04. The fourth-order valence-electron chi connectivity index (χ4n) is 4.28. The predicted molar refractivity (Wildman–Crippen MR) is 132 cm³/mol. The molecule has 0 aromatic heterocycles. The van der Waals surface area contributed by atoms with Crippen molar-refractivity contribution in [3.8, 4) is 17.2 Å². The zero-order valence-electron chi connectivity index (χ0n) is 20.0. The first-order chi connectivity index (χ1) is 16.2. The normalized spacial score (nSPS) is 21.1. The van der Waals surface area contributed by atoms with E-state index in [0.29, 0.717) is 29.2 Å². The minimum absolute atomic E-state index is 0.126. The third-order valence-corrected chi connectivity index (χ3v) is 9.20. The van der Waals surface area contributed by atoms with E-state index in [1.807, 2.05) is 13.8 Å². The largest absolute Gasteiger partial charge is 0.493 e. The van der Waals surface area contributed by atoms with Crippen molar-refractivity contribution in [2.24, 2.45) is 5.92 Å². The van der Waals surface area contributed by atoms with Crippen LogP contribution in [0.5, 0.6) is 17.2 Å². The molecule has 2 aromatic carbocycles. The van der Waals surface area contributed by atoms with E-state index in [9.17, 15) is 18.3 Å². The van der Waals surface area contributed by atoms with Gasteiger partial charge in [-0.15, -0.1) is 0 Å². The van der Waals surface area contributed by atoms with E-state index in [0.717, 1.165) is 11.3 Å². The molecule has 10 heteroatoms. The Kier molecular flexibility index (Phi) is 8.38.